The van der Waals surface area contributed by atoms with Crippen molar-refractivity contribution in [2.24, 2.45) is 0 Å². The van der Waals surface area contributed by atoms with Crippen molar-refractivity contribution in [3.63, 3.8) is 0 Å². The molecule has 1 aliphatic heterocycles. The maximum absolute atomic E-state index is 12.6. The van der Waals surface area contributed by atoms with Crippen LogP contribution in [0.5, 0.6) is 0 Å². The third kappa shape index (κ3) is 3.17. The van der Waals surface area contributed by atoms with Crippen LogP contribution in [0.3, 0.4) is 0 Å². The van der Waals surface area contributed by atoms with Gasteiger partial charge in [-0.1, -0.05) is 53.2 Å². The number of nitrogens with zero attached hydrogens (tertiary/aromatic N) is 2. The lowest BCUT2D eigenvalue weighted by atomic mass is 10.2. The van der Waals surface area contributed by atoms with Crippen molar-refractivity contribution in [2.75, 3.05) is 4.90 Å². The largest absolute Gasteiger partial charge is 0.270 e. The first kappa shape index (κ1) is 15.5. The van der Waals surface area contributed by atoms with Crippen LogP contribution in [0.2, 0.25) is 10.0 Å². The van der Waals surface area contributed by atoms with Gasteiger partial charge in [0.1, 0.15) is 0 Å². The van der Waals surface area contributed by atoms with Crippen molar-refractivity contribution < 1.29 is 4.79 Å². The molecule has 0 spiro atoms. The SMILES string of the molecule is O=C1C(=Cc2cccnc2)SC(=S)N1c1cc(Cl)cc(Cl)c1. The zero-order chi connectivity index (χ0) is 15.7. The van der Waals surface area contributed by atoms with Crippen LogP contribution in [-0.4, -0.2) is 15.2 Å². The topological polar surface area (TPSA) is 33.2 Å². The van der Waals surface area contributed by atoms with Gasteiger partial charge in [0.25, 0.3) is 5.91 Å². The Bertz CT molecular complexity index is 773. The number of thiocarbonyl (C=S) groups is 1. The van der Waals surface area contributed by atoms with Crippen LogP contribution in [0.25, 0.3) is 6.08 Å². The number of hydrogen-bond donors (Lipinski definition) is 0. The van der Waals surface area contributed by atoms with E-state index in [0.29, 0.717) is 25.0 Å². The molecule has 1 saturated heterocycles. The molecule has 0 radical (unpaired) electrons. The summed E-state index contributed by atoms with van der Waals surface area (Å²) >= 11 is 18.5. The maximum atomic E-state index is 12.6. The average Bonchev–Trinajstić information content (AvgIpc) is 2.73. The third-order valence-corrected chi connectivity index (χ3v) is 4.62. The quantitative estimate of drug-likeness (QED) is 0.564. The molecule has 22 heavy (non-hydrogen) atoms. The van der Waals surface area contributed by atoms with Gasteiger partial charge in [-0.2, -0.15) is 0 Å². The molecule has 0 aliphatic carbocycles. The zero-order valence-electron chi connectivity index (χ0n) is 11.0. The Hall–Kier alpha value is -1.40. The fraction of sp³-hybridized carbons (Fsp3) is 0. The van der Waals surface area contributed by atoms with Crippen LogP contribution in [-0.2, 0) is 4.79 Å². The molecule has 1 aromatic carbocycles. The molecule has 1 aliphatic rings. The average molecular weight is 367 g/mol. The van der Waals surface area contributed by atoms with E-state index in [9.17, 15) is 4.79 Å². The molecule has 0 bridgehead atoms. The molecule has 7 heteroatoms. The Labute approximate surface area is 146 Å². The normalized spacial score (nSPS) is 16.6. The Kier molecular flexibility index (Phi) is 4.49. The molecule has 0 atom stereocenters. The molecule has 1 aromatic heterocycles. The van der Waals surface area contributed by atoms with Crippen molar-refractivity contribution >= 4 is 69.2 Å². The summed E-state index contributed by atoms with van der Waals surface area (Å²) in [5.41, 5.74) is 1.40. The van der Waals surface area contributed by atoms with Crippen molar-refractivity contribution in [3.8, 4) is 0 Å². The van der Waals surface area contributed by atoms with Gasteiger partial charge >= 0.3 is 0 Å². The van der Waals surface area contributed by atoms with E-state index in [2.05, 4.69) is 4.98 Å². The molecule has 1 amide bonds. The highest BCUT2D eigenvalue weighted by atomic mass is 35.5. The summed E-state index contributed by atoms with van der Waals surface area (Å²) in [5.74, 6) is -0.197. The zero-order valence-corrected chi connectivity index (χ0v) is 14.1. The minimum Gasteiger partial charge on any atom is -0.268 e. The Morgan fingerprint density at radius 2 is 1.95 bits per heavy atom. The van der Waals surface area contributed by atoms with E-state index < -0.39 is 0 Å². The monoisotopic (exact) mass is 366 g/mol. The summed E-state index contributed by atoms with van der Waals surface area (Å²) in [5, 5.41) is 0.903. The number of hydrogen-bond acceptors (Lipinski definition) is 4. The van der Waals surface area contributed by atoms with Crippen LogP contribution in [0.4, 0.5) is 5.69 Å². The Balaban J connectivity index is 1.97. The fourth-order valence-corrected chi connectivity index (χ4v) is 3.78. The molecule has 3 rings (SSSR count). The number of pyridine rings is 1. The van der Waals surface area contributed by atoms with E-state index in [1.807, 2.05) is 12.1 Å². The second-order valence-electron chi connectivity index (χ2n) is 4.43. The molecule has 0 unspecified atom stereocenters. The standard InChI is InChI=1S/C15H8Cl2N2OS2/c16-10-5-11(17)7-12(6-10)19-14(20)13(22-15(19)21)4-9-2-1-3-18-8-9/h1-8H. The van der Waals surface area contributed by atoms with Gasteiger partial charge in [0, 0.05) is 22.4 Å². The van der Waals surface area contributed by atoms with Crippen LogP contribution >= 0.6 is 47.2 Å². The molecule has 110 valence electrons. The van der Waals surface area contributed by atoms with Gasteiger partial charge in [0.05, 0.1) is 10.6 Å². The first-order valence-corrected chi connectivity index (χ1v) is 8.17. The fourth-order valence-electron chi connectivity index (χ4n) is 1.97. The van der Waals surface area contributed by atoms with E-state index in [1.54, 1.807) is 36.7 Å². The number of halogens is 2. The number of rotatable bonds is 2. The Morgan fingerprint density at radius 3 is 2.59 bits per heavy atom. The molecule has 2 aromatic rings. The second kappa shape index (κ2) is 6.38. The van der Waals surface area contributed by atoms with Gasteiger partial charge in [-0.05, 0) is 35.9 Å². The van der Waals surface area contributed by atoms with Gasteiger partial charge in [0.15, 0.2) is 4.32 Å². The van der Waals surface area contributed by atoms with Gasteiger partial charge in [-0.25, -0.2) is 0 Å². The number of benzene rings is 1. The predicted molar refractivity (Wildman–Crippen MR) is 96.4 cm³/mol. The molecular formula is C15H8Cl2N2OS2. The molecule has 1 fully saturated rings. The van der Waals surface area contributed by atoms with Gasteiger partial charge < -0.3 is 0 Å². The van der Waals surface area contributed by atoms with Crippen LogP contribution in [0.15, 0.2) is 47.6 Å². The predicted octanol–water partition coefficient (Wildman–Crippen LogP) is 4.79. The van der Waals surface area contributed by atoms with Gasteiger partial charge in [-0.15, -0.1) is 0 Å². The summed E-state index contributed by atoms with van der Waals surface area (Å²) in [4.78, 5) is 18.6. The lowest BCUT2D eigenvalue weighted by Crippen LogP contribution is -2.27. The van der Waals surface area contributed by atoms with Crippen molar-refractivity contribution in [3.05, 3.63) is 63.2 Å². The summed E-state index contributed by atoms with van der Waals surface area (Å²) < 4.78 is 0.443. The lowest BCUT2D eigenvalue weighted by Gasteiger charge is -2.15. The number of amides is 1. The number of aromatic nitrogens is 1. The first-order valence-electron chi connectivity index (χ1n) is 6.19. The summed E-state index contributed by atoms with van der Waals surface area (Å²) in [6.07, 6.45) is 5.12. The smallest absolute Gasteiger partial charge is 0.268 e. The number of carbonyl (C=O) groups is 1. The Morgan fingerprint density at radius 1 is 1.23 bits per heavy atom. The molecular weight excluding hydrogens is 359 g/mol. The third-order valence-electron chi connectivity index (χ3n) is 2.88. The maximum Gasteiger partial charge on any atom is 0.270 e. The summed E-state index contributed by atoms with van der Waals surface area (Å²) in [6.45, 7) is 0. The summed E-state index contributed by atoms with van der Waals surface area (Å²) in [6, 6.07) is 8.60. The van der Waals surface area contributed by atoms with Crippen LogP contribution in [0, 0.1) is 0 Å². The minimum atomic E-state index is -0.197. The highest BCUT2D eigenvalue weighted by molar-refractivity contribution is 8.27. The highest BCUT2D eigenvalue weighted by Gasteiger charge is 2.33. The van der Waals surface area contributed by atoms with E-state index in [1.165, 1.54) is 16.7 Å². The highest BCUT2D eigenvalue weighted by Crippen LogP contribution is 2.37. The van der Waals surface area contributed by atoms with E-state index in [0.717, 1.165) is 5.56 Å². The number of anilines is 1. The van der Waals surface area contributed by atoms with Crippen LogP contribution in [0.1, 0.15) is 5.56 Å². The minimum absolute atomic E-state index is 0.197. The lowest BCUT2D eigenvalue weighted by molar-refractivity contribution is -0.113. The van der Waals surface area contributed by atoms with E-state index in [-0.39, 0.29) is 5.91 Å². The molecule has 2 heterocycles. The van der Waals surface area contributed by atoms with Crippen molar-refractivity contribution in [1.82, 2.24) is 4.98 Å². The first-order chi connectivity index (χ1) is 10.5. The summed E-state index contributed by atoms with van der Waals surface area (Å²) in [7, 11) is 0. The van der Waals surface area contributed by atoms with Gasteiger partial charge in [-0.3, -0.25) is 14.7 Å². The van der Waals surface area contributed by atoms with Crippen molar-refractivity contribution in [1.29, 1.82) is 0 Å². The van der Waals surface area contributed by atoms with Crippen LogP contribution < -0.4 is 4.90 Å². The van der Waals surface area contributed by atoms with E-state index in [4.69, 9.17) is 35.4 Å². The number of thioether (sulfide) groups is 1. The number of carbonyl (C=O) groups excluding carboxylic acids is 1. The molecule has 0 N–H and O–H groups in total. The molecule has 3 nitrogen and oxygen atoms in total. The molecule has 0 saturated carbocycles. The second-order valence-corrected chi connectivity index (χ2v) is 6.98. The van der Waals surface area contributed by atoms with Crippen molar-refractivity contribution in [2.45, 2.75) is 0 Å². The van der Waals surface area contributed by atoms with Gasteiger partial charge in [0.2, 0.25) is 0 Å². The van der Waals surface area contributed by atoms with E-state index >= 15 is 0 Å².